The highest BCUT2D eigenvalue weighted by atomic mass is 35.5. The molecule has 1 fully saturated rings. The smallest absolute Gasteiger partial charge is 0.206 e. The number of hydrogen-bond donors (Lipinski definition) is 1. The molecule has 0 atom stereocenters. The van der Waals surface area contributed by atoms with Gasteiger partial charge >= 0.3 is 0 Å². The van der Waals surface area contributed by atoms with Crippen molar-refractivity contribution in [1.82, 2.24) is 15.1 Å². The average Bonchev–Trinajstić information content (AvgIpc) is 2.90. The average molecular weight is 309 g/mol. The Labute approximate surface area is 127 Å². The minimum Gasteiger partial charge on any atom is -0.357 e. The minimum absolute atomic E-state index is 0.498. The van der Waals surface area contributed by atoms with E-state index in [0.717, 1.165) is 46.7 Å². The molecule has 1 aromatic heterocycles. The van der Waals surface area contributed by atoms with Crippen LogP contribution in [0.15, 0.2) is 24.3 Å². The van der Waals surface area contributed by atoms with Crippen LogP contribution < -0.4 is 5.32 Å². The molecule has 2 heterocycles. The summed E-state index contributed by atoms with van der Waals surface area (Å²) in [7, 11) is 2.16. The van der Waals surface area contributed by atoms with Gasteiger partial charge < -0.3 is 10.2 Å². The van der Waals surface area contributed by atoms with Gasteiger partial charge in [0.25, 0.3) is 0 Å². The SMILES string of the molecule is CN1CCC(Nc2nnc(-c3ccccc3Cl)s2)CC1. The number of likely N-dealkylation sites (tertiary alicyclic amines) is 1. The van der Waals surface area contributed by atoms with Gasteiger partial charge in [0.15, 0.2) is 5.01 Å². The lowest BCUT2D eigenvalue weighted by Crippen LogP contribution is -2.36. The van der Waals surface area contributed by atoms with Gasteiger partial charge in [0.1, 0.15) is 0 Å². The predicted octanol–water partition coefficient (Wildman–Crippen LogP) is 3.36. The number of benzene rings is 1. The van der Waals surface area contributed by atoms with E-state index in [1.165, 1.54) is 0 Å². The number of piperidine rings is 1. The molecule has 1 saturated heterocycles. The third kappa shape index (κ3) is 3.11. The first kappa shape index (κ1) is 13.8. The highest BCUT2D eigenvalue weighted by molar-refractivity contribution is 7.18. The molecule has 6 heteroatoms. The second-order valence-corrected chi connectivity index (χ2v) is 6.50. The fourth-order valence-electron chi connectivity index (χ4n) is 2.35. The zero-order valence-corrected chi connectivity index (χ0v) is 12.9. The number of anilines is 1. The lowest BCUT2D eigenvalue weighted by atomic mass is 10.1. The summed E-state index contributed by atoms with van der Waals surface area (Å²) in [5, 5.41) is 14.4. The molecule has 0 amide bonds. The summed E-state index contributed by atoms with van der Waals surface area (Å²) in [5.41, 5.74) is 0.947. The summed E-state index contributed by atoms with van der Waals surface area (Å²) in [6.45, 7) is 2.27. The maximum atomic E-state index is 6.19. The van der Waals surface area contributed by atoms with Gasteiger partial charge in [-0.05, 0) is 39.0 Å². The Balaban J connectivity index is 1.70. The summed E-state index contributed by atoms with van der Waals surface area (Å²) in [4.78, 5) is 2.35. The van der Waals surface area contributed by atoms with E-state index in [-0.39, 0.29) is 0 Å². The molecular weight excluding hydrogens is 292 g/mol. The Bertz CT molecular complexity index is 578. The number of halogens is 1. The van der Waals surface area contributed by atoms with Crippen LogP contribution in [0.5, 0.6) is 0 Å². The Morgan fingerprint density at radius 3 is 2.75 bits per heavy atom. The van der Waals surface area contributed by atoms with E-state index in [2.05, 4.69) is 27.5 Å². The molecule has 0 bridgehead atoms. The number of hydrogen-bond acceptors (Lipinski definition) is 5. The van der Waals surface area contributed by atoms with Crippen LogP contribution in [0, 0.1) is 0 Å². The summed E-state index contributed by atoms with van der Waals surface area (Å²) < 4.78 is 0. The molecule has 1 aromatic carbocycles. The van der Waals surface area contributed by atoms with Crippen molar-refractivity contribution in [1.29, 1.82) is 0 Å². The monoisotopic (exact) mass is 308 g/mol. The van der Waals surface area contributed by atoms with Gasteiger partial charge in [-0.15, -0.1) is 10.2 Å². The quantitative estimate of drug-likeness (QED) is 0.944. The van der Waals surface area contributed by atoms with Crippen LogP contribution in [0.25, 0.3) is 10.6 Å². The van der Waals surface area contributed by atoms with E-state index in [0.29, 0.717) is 6.04 Å². The van der Waals surface area contributed by atoms with Gasteiger partial charge in [-0.2, -0.15) is 0 Å². The highest BCUT2D eigenvalue weighted by Crippen LogP contribution is 2.32. The van der Waals surface area contributed by atoms with Gasteiger partial charge in [-0.25, -0.2) is 0 Å². The molecule has 0 saturated carbocycles. The van der Waals surface area contributed by atoms with Crippen LogP contribution in [0.4, 0.5) is 5.13 Å². The first-order valence-corrected chi connectivity index (χ1v) is 7.95. The molecule has 106 valence electrons. The van der Waals surface area contributed by atoms with Crippen molar-refractivity contribution in [3.05, 3.63) is 29.3 Å². The van der Waals surface area contributed by atoms with E-state index in [9.17, 15) is 0 Å². The molecule has 3 rings (SSSR count). The molecule has 2 aromatic rings. The topological polar surface area (TPSA) is 41.0 Å². The van der Waals surface area contributed by atoms with E-state index >= 15 is 0 Å². The molecular formula is C14H17ClN4S. The molecule has 0 aliphatic carbocycles. The number of nitrogens with zero attached hydrogens (tertiary/aromatic N) is 3. The van der Waals surface area contributed by atoms with E-state index < -0.39 is 0 Å². The maximum absolute atomic E-state index is 6.19. The first-order valence-electron chi connectivity index (χ1n) is 6.76. The maximum Gasteiger partial charge on any atom is 0.206 e. The van der Waals surface area contributed by atoms with Crippen LogP contribution in [0.2, 0.25) is 5.02 Å². The van der Waals surface area contributed by atoms with Crippen LogP contribution in [-0.4, -0.2) is 41.3 Å². The lowest BCUT2D eigenvalue weighted by molar-refractivity contribution is 0.264. The fraction of sp³-hybridized carbons (Fsp3) is 0.429. The molecule has 4 nitrogen and oxygen atoms in total. The van der Waals surface area contributed by atoms with Gasteiger partial charge in [0.2, 0.25) is 5.13 Å². The van der Waals surface area contributed by atoms with Gasteiger partial charge in [0.05, 0.1) is 5.02 Å². The summed E-state index contributed by atoms with van der Waals surface area (Å²) >= 11 is 7.75. The Hall–Kier alpha value is -1.17. The molecule has 1 aliphatic heterocycles. The molecule has 0 unspecified atom stereocenters. The Kier molecular flexibility index (Phi) is 4.19. The molecule has 0 spiro atoms. The molecule has 20 heavy (non-hydrogen) atoms. The zero-order chi connectivity index (χ0) is 13.9. The normalized spacial score (nSPS) is 17.3. The van der Waals surface area contributed by atoms with Crippen molar-refractivity contribution in [2.45, 2.75) is 18.9 Å². The Morgan fingerprint density at radius 2 is 2.00 bits per heavy atom. The number of nitrogens with one attached hydrogen (secondary N) is 1. The van der Waals surface area contributed by atoms with Gasteiger partial charge in [0, 0.05) is 11.6 Å². The fourth-order valence-corrected chi connectivity index (χ4v) is 3.49. The van der Waals surface area contributed by atoms with Crippen LogP contribution in [0.3, 0.4) is 0 Å². The van der Waals surface area contributed by atoms with Crippen molar-refractivity contribution < 1.29 is 0 Å². The number of aromatic nitrogens is 2. The summed E-state index contributed by atoms with van der Waals surface area (Å²) in [6.07, 6.45) is 2.30. The molecule has 1 aliphatic rings. The highest BCUT2D eigenvalue weighted by Gasteiger charge is 2.18. The van der Waals surface area contributed by atoms with Crippen molar-refractivity contribution in [3.8, 4) is 10.6 Å². The van der Waals surface area contributed by atoms with E-state index in [1.807, 2.05) is 24.3 Å². The third-order valence-electron chi connectivity index (χ3n) is 3.58. The van der Waals surface area contributed by atoms with Crippen LogP contribution >= 0.6 is 22.9 Å². The van der Waals surface area contributed by atoms with Gasteiger partial charge in [-0.1, -0.05) is 41.1 Å². The summed E-state index contributed by atoms with van der Waals surface area (Å²) in [6, 6.07) is 8.24. The van der Waals surface area contributed by atoms with E-state index in [1.54, 1.807) is 11.3 Å². The van der Waals surface area contributed by atoms with Gasteiger partial charge in [-0.3, -0.25) is 0 Å². The minimum atomic E-state index is 0.498. The predicted molar refractivity (Wildman–Crippen MR) is 84.5 cm³/mol. The van der Waals surface area contributed by atoms with Crippen molar-refractivity contribution in [3.63, 3.8) is 0 Å². The van der Waals surface area contributed by atoms with Crippen molar-refractivity contribution in [2.75, 3.05) is 25.5 Å². The second-order valence-electron chi connectivity index (χ2n) is 5.11. The van der Waals surface area contributed by atoms with Crippen molar-refractivity contribution in [2.24, 2.45) is 0 Å². The van der Waals surface area contributed by atoms with E-state index in [4.69, 9.17) is 11.6 Å². The second kappa shape index (κ2) is 6.08. The first-order chi connectivity index (χ1) is 9.72. The van der Waals surface area contributed by atoms with Crippen molar-refractivity contribution >= 4 is 28.1 Å². The van der Waals surface area contributed by atoms with Crippen LogP contribution in [-0.2, 0) is 0 Å². The molecule has 1 N–H and O–H groups in total. The van der Waals surface area contributed by atoms with Crippen LogP contribution in [0.1, 0.15) is 12.8 Å². The standard InChI is InChI=1S/C14H17ClN4S/c1-19-8-6-10(7-9-19)16-14-18-17-13(20-14)11-4-2-3-5-12(11)15/h2-5,10H,6-9H2,1H3,(H,16,18). The third-order valence-corrected chi connectivity index (χ3v) is 4.79. The largest absolute Gasteiger partial charge is 0.357 e. The lowest BCUT2D eigenvalue weighted by Gasteiger charge is -2.29. The zero-order valence-electron chi connectivity index (χ0n) is 11.3. The number of rotatable bonds is 3. The Morgan fingerprint density at radius 1 is 1.25 bits per heavy atom. The molecule has 0 radical (unpaired) electrons. The summed E-state index contributed by atoms with van der Waals surface area (Å²) in [5.74, 6) is 0.